The molecule has 1 rings (SSSR count). The van der Waals surface area contributed by atoms with Crippen molar-refractivity contribution >= 4 is 31.1 Å². The van der Waals surface area contributed by atoms with Crippen LogP contribution in [0.2, 0.25) is 0 Å². The minimum absolute atomic E-state index is 0.123. The fraction of sp³-hybridized carbons (Fsp3) is 0.750. The first-order chi connectivity index (χ1) is 6.62. The standard InChI is InChI=1S/C8H15O3PS2/c1-4-10-12(9,11-5-2)8-13-6-7(3)14-8/h6,8H,4-5H2,1-3H3. The number of hydrogen-bond donors (Lipinski definition) is 0. The molecule has 0 fully saturated rings. The normalized spacial score (nSPS) is 22.5. The van der Waals surface area contributed by atoms with Crippen molar-refractivity contribution in [2.45, 2.75) is 25.1 Å². The van der Waals surface area contributed by atoms with E-state index in [0.717, 1.165) is 0 Å². The molecule has 1 aliphatic heterocycles. The average Bonchev–Trinajstić information content (AvgIpc) is 2.53. The molecule has 0 radical (unpaired) electrons. The first-order valence-corrected chi connectivity index (χ1v) is 7.93. The Morgan fingerprint density at radius 1 is 1.43 bits per heavy atom. The van der Waals surface area contributed by atoms with Crippen molar-refractivity contribution < 1.29 is 13.6 Å². The first-order valence-electron chi connectivity index (χ1n) is 4.50. The highest BCUT2D eigenvalue weighted by Gasteiger charge is 2.38. The van der Waals surface area contributed by atoms with E-state index in [9.17, 15) is 4.57 Å². The van der Waals surface area contributed by atoms with Crippen LogP contribution in [0.4, 0.5) is 0 Å². The Balaban J connectivity index is 2.64. The van der Waals surface area contributed by atoms with E-state index in [-0.39, 0.29) is 4.32 Å². The van der Waals surface area contributed by atoms with Gasteiger partial charge in [0, 0.05) is 0 Å². The molecule has 0 bridgehead atoms. The molecule has 1 aliphatic rings. The zero-order valence-electron chi connectivity index (χ0n) is 8.56. The molecule has 0 N–H and O–H groups in total. The lowest BCUT2D eigenvalue weighted by Crippen LogP contribution is -2.04. The van der Waals surface area contributed by atoms with Gasteiger partial charge in [-0.15, -0.1) is 23.5 Å². The van der Waals surface area contributed by atoms with E-state index < -0.39 is 7.60 Å². The summed E-state index contributed by atoms with van der Waals surface area (Å²) in [5.41, 5.74) is 0. The van der Waals surface area contributed by atoms with Crippen LogP contribution in [0.15, 0.2) is 10.3 Å². The van der Waals surface area contributed by atoms with Crippen LogP contribution in [0.5, 0.6) is 0 Å². The number of allylic oxidation sites excluding steroid dienone is 1. The third kappa shape index (κ3) is 3.04. The number of rotatable bonds is 5. The molecule has 0 aromatic heterocycles. The molecule has 0 aromatic rings. The van der Waals surface area contributed by atoms with Crippen LogP contribution in [0, 0.1) is 0 Å². The van der Waals surface area contributed by atoms with Gasteiger partial charge >= 0.3 is 7.60 Å². The van der Waals surface area contributed by atoms with Crippen molar-refractivity contribution in [1.82, 2.24) is 0 Å². The van der Waals surface area contributed by atoms with Gasteiger partial charge in [-0.05, 0) is 31.1 Å². The van der Waals surface area contributed by atoms with Crippen LogP contribution in [0.25, 0.3) is 0 Å². The maximum absolute atomic E-state index is 12.2. The predicted molar refractivity (Wildman–Crippen MR) is 63.6 cm³/mol. The van der Waals surface area contributed by atoms with Gasteiger partial charge in [0.05, 0.1) is 13.2 Å². The Hall–Kier alpha value is 0.590. The second-order valence-electron chi connectivity index (χ2n) is 2.66. The van der Waals surface area contributed by atoms with E-state index >= 15 is 0 Å². The smallest absolute Gasteiger partial charge is 0.307 e. The molecule has 82 valence electrons. The van der Waals surface area contributed by atoms with Crippen LogP contribution in [-0.2, 0) is 13.6 Å². The Labute approximate surface area is 93.5 Å². The molecule has 0 amide bonds. The third-order valence-electron chi connectivity index (χ3n) is 1.51. The summed E-state index contributed by atoms with van der Waals surface area (Å²) in [7, 11) is -2.93. The summed E-state index contributed by atoms with van der Waals surface area (Å²) in [4.78, 5) is 1.17. The van der Waals surface area contributed by atoms with Crippen LogP contribution in [0.3, 0.4) is 0 Å². The summed E-state index contributed by atoms with van der Waals surface area (Å²) in [6.45, 7) is 6.51. The fourth-order valence-corrected chi connectivity index (χ4v) is 6.45. The van der Waals surface area contributed by atoms with Crippen LogP contribution in [0.1, 0.15) is 20.8 Å². The summed E-state index contributed by atoms with van der Waals surface area (Å²) in [5.74, 6) is 0. The molecular weight excluding hydrogens is 239 g/mol. The molecule has 1 unspecified atom stereocenters. The Morgan fingerprint density at radius 3 is 2.36 bits per heavy atom. The van der Waals surface area contributed by atoms with Gasteiger partial charge in [0.1, 0.15) is 0 Å². The van der Waals surface area contributed by atoms with Crippen molar-refractivity contribution in [3.63, 3.8) is 0 Å². The number of thioether (sulfide) groups is 2. The SMILES string of the molecule is CCOP(=O)(OCC)C1SC=C(C)S1. The van der Waals surface area contributed by atoms with Crippen molar-refractivity contribution in [3.8, 4) is 0 Å². The van der Waals surface area contributed by atoms with Gasteiger partial charge in [0.2, 0.25) is 0 Å². The molecule has 0 spiro atoms. The van der Waals surface area contributed by atoms with E-state index in [0.29, 0.717) is 13.2 Å². The largest absolute Gasteiger partial charge is 0.354 e. The van der Waals surface area contributed by atoms with Crippen molar-refractivity contribution in [1.29, 1.82) is 0 Å². The summed E-state index contributed by atoms with van der Waals surface area (Å²) < 4.78 is 22.6. The summed E-state index contributed by atoms with van der Waals surface area (Å²) >= 11 is 3.09. The zero-order valence-corrected chi connectivity index (χ0v) is 11.1. The molecule has 14 heavy (non-hydrogen) atoms. The van der Waals surface area contributed by atoms with Crippen molar-refractivity contribution in [2.75, 3.05) is 13.2 Å². The number of hydrogen-bond acceptors (Lipinski definition) is 5. The third-order valence-corrected chi connectivity index (χ3v) is 7.68. The summed E-state index contributed by atoms with van der Waals surface area (Å²) in [5, 5.41) is 2.00. The van der Waals surface area contributed by atoms with Crippen LogP contribution >= 0.6 is 31.1 Å². The first kappa shape index (κ1) is 12.7. The Bertz CT molecular complexity index is 257. The molecular formula is C8H15O3PS2. The van der Waals surface area contributed by atoms with Crippen molar-refractivity contribution in [2.24, 2.45) is 0 Å². The van der Waals surface area contributed by atoms with E-state index in [4.69, 9.17) is 9.05 Å². The lowest BCUT2D eigenvalue weighted by atomic mass is 10.8. The van der Waals surface area contributed by atoms with Gasteiger partial charge in [-0.2, -0.15) is 0 Å². The molecule has 0 saturated carbocycles. The molecule has 0 saturated heterocycles. The molecule has 0 aromatic carbocycles. The van der Waals surface area contributed by atoms with Gasteiger partial charge in [-0.3, -0.25) is 4.57 Å². The van der Waals surface area contributed by atoms with Gasteiger partial charge in [-0.1, -0.05) is 0 Å². The zero-order chi connectivity index (χ0) is 10.6. The predicted octanol–water partition coefficient (Wildman–Crippen LogP) is 3.88. The van der Waals surface area contributed by atoms with Crippen molar-refractivity contribution in [3.05, 3.63) is 10.3 Å². The summed E-state index contributed by atoms with van der Waals surface area (Å²) in [6.07, 6.45) is 0. The average molecular weight is 254 g/mol. The van der Waals surface area contributed by atoms with E-state index in [1.807, 2.05) is 26.2 Å². The topological polar surface area (TPSA) is 35.5 Å². The fourth-order valence-electron chi connectivity index (χ4n) is 1.03. The maximum Gasteiger partial charge on any atom is 0.354 e. The van der Waals surface area contributed by atoms with Gasteiger partial charge in [0.25, 0.3) is 0 Å². The van der Waals surface area contributed by atoms with Crippen LogP contribution < -0.4 is 0 Å². The second-order valence-corrected chi connectivity index (χ2v) is 8.10. The quantitative estimate of drug-likeness (QED) is 0.696. The van der Waals surface area contributed by atoms with Gasteiger partial charge in [0.15, 0.2) is 4.32 Å². The molecule has 3 nitrogen and oxygen atoms in total. The lowest BCUT2D eigenvalue weighted by molar-refractivity contribution is 0.223. The van der Waals surface area contributed by atoms with Gasteiger partial charge in [-0.25, -0.2) is 0 Å². The Kier molecular flexibility index (Phi) is 5.08. The van der Waals surface area contributed by atoms with E-state index in [2.05, 4.69) is 0 Å². The highest BCUT2D eigenvalue weighted by molar-refractivity contribution is 8.28. The highest BCUT2D eigenvalue weighted by atomic mass is 32.2. The monoisotopic (exact) mass is 254 g/mol. The summed E-state index contributed by atoms with van der Waals surface area (Å²) in [6, 6.07) is 0. The molecule has 0 aliphatic carbocycles. The molecule has 1 atom stereocenters. The van der Waals surface area contributed by atoms with E-state index in [1.165, 1.54) is 16.7 Å². The van der Waals surface area contributed by atoms with Gasteiger partial charge < -0.3 is 9.05 Å². The molecule has 6 heteroatoms. The highest BCUT2D eigenvalue weighted by Crippen LogP contribution is 2.65. The minimum Gasteiger partial charge on any atom is -0.307 e. The second kappa shape index (κ2) is 5.61. The van der Waals surface area contributed by atoms with E-state index in [1.54, 1.807) is 11.8 Å². The minimum atomic E-state index is -2.93. The lowest BCUT2D eigenvalue weighted by Gasteiger charge is -2.21. The van der Waals surface area contributed by atoms with Crippen LogP contribution in [-0.4, -0.2) is 17.5 Å². The Morgan fingerprint density at radius 2 is 2.00 bits per heavy atom. The maximum atomic E-state index is 12.2. The molecule has 1 heterocycles.